The second-order valence-corrected chi connectivity index (χ2v) is 5.73. The summed E-state index contributed by atoms with van der Waals surface area (Å²) >= 11 is 0. The molecular weight excluding hydrogens is 214 g/mol. The number of rotatable bonds is 3. The molecule has 0 aromatic carbocycles. The monoisotopic (exact) mass is 238 g/mol. The van der Waals surface area contributed by atoms with Crippen LogP contribution in [0.25, 0.3) is 0 Å². The average molecular weight is 238 g/mol. The van der Waals surface area contributed by atoms with Gasteiger partial charge in [-0.05, 0) is 25.7 Å². The predicted molar refractivity (Wildman–Crippen MR) is 67.4 cm³/mol. The molecule has 2 saturated heterocycles. The van der Waals surface area contributed by atoms with E-state index in [1.807, 2.05) is 0 Å². The lowest BCUT2D eigenvalue weighted by atomic mass is 9.82. The van der Waals surface area contributed by atoms with E-state index in [1.165, 1.54) is 55.8 Å². The summed E-state index contributed by atoms with van der Waals surface area (Å²) in [4.78, 5) is 11.1. The van der Waals surface area contributed by atoms with Gasteiger partial charge in [0.15, 0.2) is 0 Å². The lowest BCUT2D eigenvalue weighted by Crippen LogP contribution is -2.61. The molecule has 0 unspecified atom stereocenters. The van der Waals surface area contributed by atoms with E-state index in [2.05, 4.69) is 13.6 Å². The van der Waals surface area contributed by atoms with Crippen molar-refractivity contribution in [2.24, 2.45) is 5.92 Å². The molecule has 0 radical (unpaired) electrons. The third-order valence-corrected chi connectivity index (χ3v) is 4.61. The van der Waals surface area contributed by atoms with Crippen LogP contribution in [0, 0.1) is 5.92 Å². The maximum absolute atomic E-state index is 11.1. The molecule has 0 N–H and O–H groups in total. The summed E-state index contributed by atoms with van der Waals surface area (Å²) < 4.78 is 6.46. The van der Waals surface area contributed by atoms with E-state index < -0.39 is 0 Å². The first-order chi connectivity index (χ1) is 8.15. The zero-order valence-corrected chi connectivity index (χ0v) is 10.9. The molecule has 0 amide bonds. The zero-order valence-electron chi connectivity index (χ0n) is 10.9. The number of ether oxygens (including phenoxy) is 1. The summed E-state index contributed by atoms with van der Waals surface area (Å²) in [6.07, 6.45) is 7.73. The number of nitrogens with zero attached hydrogens (tertiary/aromatic N) is 1. The lowest BCUT2D eigenvalue weighted by Gasteiger charge is -2.51. The third kappa shape index (κ3) is 2.71. The van der Waals surface area contributed by atoms with Crippen LogP contribution in [0.4, 0.5) is 0 Å². The number of fused-ring (bicyclic) bond motifs is 1. The Hall–Kier alpha value is -0.830. The van der Waals surface area contributed by atoms with E-state index in [4.69, 9.17) is 4.74 Å². The minimum absolute atomic E-state index is 0.277. The van der Waals surface area contributed by atoms with Gasteiger partial charge in [-0.3, -0.25) is 0 Å². The second kappa shape index (κ2) is 5.21. The first-order valence-corrected chi connectivity index (χ1v) is 6.79. The minimum Gasteiger partial charge on any atom is -0.462 e. The Morgan fingerprint density at radius 3 is 2.88 bits per heavy atom. The maximum atomic E-state index is 11.1. The summed E-state index contributed by atoms with van der Waals surface area (Å²) in [5, 5.41) is 0. The van der Waals surface area contributed by atoms with Gasteiger partial charge in [-0.1, -0.05) is 6.58 Å². The molecule has 0 aromatic rings. The standard InChI is InChI=1S/C14H24NO2/c1-3-14(16)17-11-12-7-6-10-15(2)9-5-4-8-13(12)15/h3,12-13H,1,4-11H2,2H3/q+1/t12-,13+,15-/m0/s1. The highest BCUT2D eigenvalue weighted by Gasteiger charge is 2.43. The molecule has 96 valence electrons. The molecular formula is C14H24NO2+. The van der Waals surface area contributed by atoms with Crippen LogP contribution >= 0.6 is 0 Å². The first kappa shape index (κ1) is 12.6. The van der Waals surface area contributed by atoms with Crippen LogP contribution < -0.4 is 0 Å². The Morgan fingerprint density at radius 2 is 2.12 bits per heavy atom. The van der Waals surface area contributed by atoms with Crippen molar-refractivity contribution in [3.8, 4) is 0 Å². The topological polar surface area (TPSA) is 26.3 Å². The van der Waals surface area contributed by atoms with Crippen molar-refractivity contribution in [2.45, 2.75) is 38.1 Å². The third-order valence-electron chi connectivity index (χ3n) is 4.61. The van der Waals surface area contributed by atoms with Crippen molar-refractivity contribution in [1.29, 1.82) is 0 Å². The molecule has 0 aromatic heterocycles. The summed E-state index contributed by atoms with van der Waals surface area (Å²) in [6.45, 7) is 6.63. The normalized spacial score (nSPS) is 37.0. The molecule has 0 aliphatic carbocycles. The summed E-state index contributed by atoms with van der Waals surface area (Å²) in [7, 11) is 2.38. The summed E-state index contributed by atoms with van der Waals surface area (Å²) in [6, 6.07) is 0.704. The number of hydrogen-bond donors (Lipinski definition) is 0. The van der Waals surface area contributed by atoms with Crippen LogP contribution in [0.5, 0.6) is 0 Å². The van der Waals surface area contributed by atoms with E-state index in [0.717, 1.165) is 0 Å². The highest BCUT2D eigenvalue weighted by molar-refractivity contribution is 5.81. The van der Waals surface area contributed by atoms with Crippen LogP contribution in [0.2, 0.25) is 0 Å². The van der Waals surface area contributed by atoms with Gasteiger partial charge in [0.05, 0.1) is 26.2 Å². The Bertz CT molecular complexity index is 299. The molecule has 0 spiro atoms. The smallest absolute Gasteiger partial charge is 0.330 e. The minimum atomic E-state index is -0.277. The second-order valence-electron chi connectivity index (χ2n) is 5.73. The zero-order chi connectivity index (χ0) is 12.3. The molecule has 0 bridgehead atoms. The van der Waals surface area contributed by atoms with E-state index in [9.17, 15) is 4.79 Å². The van der Waals surface area contributed by atoms with Crippen LogP contribution in [0.15, 0.2) is 12.7 Å². The van der Waals surface area contributed by atoms with Crippen LogP contribution in [-0.2, 0) is 9.53 Å². The number of piperidine rings is 2. The van der Waals surface area contributed by atoms with Crippen molar-refractivity contribution in [2.75, 3.05) is 26.7 Å². The lowest BCUT2D eigenvalue weighted by molar-refractivity contribution is -0.947. The van der Waals surface area contributed by atoms with Crippen molar-refractivity contribution >= 4 is 5.97 Å². The van der Waals surface area contributed by atoms with Crippen molar-refractivity contribution in [1.82, 2.24) is 0 Å². The van der Waals surface area contributed by atoms with E-state index in [1.54, 1.807) is 0 Å². The number of esters is 1. The number of hydrogen-bond acceptors (Lipinski definition) is 2. The number of carbonyl (C=O) groups excluding carboxylic acids is 1. The molecule has 2 heterocycles. The van der Waals surface area contributed by atoms with Crippen LogP contribution in [-0.4, -0.2) is 43.2 Å². The molecule has 2 aliphatic heterocycles. The van der Waals surface area contributed by atoms with Gasteiger partial charge in [0.2, 0.25) is 0 Å². The van der Waals surface area contributed by atoms with Gasteiger partial charge in [0.1, 0.15) is 6.61 Å². The molecule has 0 saturated carbocycles. The molecule has 3 nitrogen and oxygen atoms in total. The highest BCUT2D eigenvalue weighted by Crippen LogP contribution is 2.36. The van der Waals surface area contributed by atoms with Crippen LogP contribution in [0.3, 0.4) is 0 Å². The van der Waals surface area contributed by atoms with Crippen molar-refractivity contribution in [3.63, 3.8) is 0 Å². The molecule has 3 atom stereocenters. The van der Waals surface area contributed by atoms with Gasteiger partial charge in [-0.25, -0.2) is 4.79 Å². The van der Waals surface area contributed by atoms with E-state index >= 15 is 0 Å². The van der Waals surface area contributed by atoms with Crippen LogP contribution in [0.1, 0.15) is 32.1 Å². The predicted octanol–water partition coefficient (Wildman–Crippen LogP) is 2.12. The molecule has 2 aliphatic rings. The Kier molecular flexibility index (Phi) is 3.87. The SMILES string of the molecule is C=CC(=O)OC[C@@H]1CCC[N@+]2(C)CCCC[C@H]12. The average Bonchev–Trinajstić information content (AvgIpc) is 2.34. The quantitative estimate of drug-likeness (QED) is 0.428. The first-order valence-electron chi connectivity index (χ1n) is 6.79. The maximum Gasteiger partial charge on any atom is 0.330 e. The van der Waals surface area contributed by atoms with Gasteiger partial charge in [-0.2, -0.15) is 0 Å². The number of carbonyl (C=O) groups is 1. The highest BCUT2D eigenvalue weighted by atomic mass is 16.5. The summed E-state index contributed by atoms with van der Waals surface area (Å²) in [5.41, 5.74) is 0. The number of quaternary nitrogens is 1. The van der Waals surface area contributed by atoms with Gasteiger partial charge in [-0.15, -0.1) is 0 Å². The Balaban J connectivity index is 1.96. The van der Waals surface area contributed by atoms with Crippen molar-refractivity contribution < 1.29 is 14.0 Å². The molecule has 2 fully saturated rings. The molecule has 2 rings (SSSR count). The summed E-state index contributed by atoms with van der Waals surface area (Å²) in [5.74, 6) is 0.276. The Labute approximate surface area is 104 Å². The Morgan fingerprint density at radius 1 is 1.35 bits per heavy atom. The fourth-order valence-electron chi connectivity index (χ4n) is 3.68. The van der Waals surface area contributed by atoms with Gasteiger partial charge < -0.3 is 9.22 Å². The largest absolute Gasteiger partial charge is 0.462 e. The molecule has 17 heavy (non-hydrogen) atoms. The van der Waals surface area contributed by atoms with Gasteiger partial charge in [0.25, 0.3) is 0 Å². The molecule has 3 heteroatoms. The fourth-order valence-corrected chi connectivity index (χ4v) is 3.68. The van der Waals surface area contributed by atoms with Gasteiger partial charge >= 0.3 is 5.97 Å². The van der Waals surface area contributed by atoms with Gasteiger partial charge in [0, 0.05) is 18.4 Å². The van der Waals surface area contributed by atoms with Crippen molar-refractivity contribution in [3.05, 3.63) is 12.7 Å². The van der Waals surface area contributed by atoms with E-state index in [0.29, 0.717) is 18.6 Å². The van der Waals surface area contributed by atoms with E-state index in [-0.39, 0.29) is 5.97 Å². The fraction of sp³-hybridized carbons (Fsp3) is 0.786.